The molecule has 0 spiro atoms. The van der Waals surface area contributed by atoms with Crippen LogP contribution in [-0.2, 0) is 6.54 Å². The van der Waals surface area contributed by atoms with E-state index >= 15 is 0 Å². The Morgan fingerprint density at radius 1 is 1.32 bits per heavy atom. The molecule has 1 aliphatic heterocycles. The van der Waals surface area contributed by atoms with Crippen LogP contribution < -0.4 is 4.90 Å². The zero-order valence-electron chi connectivity index (χ0n) is 12.9. The van der Waals surface area contributed by atoms with E-state index in [1.54, 1.807) is 12.4 Å². The molecule has 1 aliphatic rings. The van der Waals surface area contributed by atoms with Crippen LogP contribution in [0, 0.1) is 6.92 Å². The minimum Gasteiger partial charge on any atom is -0.361 e. The third-order valence-corrected chi connectivity index (χ3v) is 4.28. The van der Waals surface area contributed by atoms with E-state index in [4.69, 9.17) is 16.1 Å². The molecule has 0 aliphatic carbocycles. The standard InChI is InChI=1S/C15H20ClN5O/c1-11-7-13(19-22-11)10-21-5-3-14(4-6-21)20(2)15-17-8-12(16)9-18-15/h7-9,14H,3-6,10H2,1-2H3. The van der Waals surface area contributed by atoms with Gasteiger partial charge in [0, 0.05) is 38.8 Å². The molecule has 2 aromatic heterocycles. The fraction of sp³-hybridized carbons (Fsp3) is 0.533. The Bertz CT molecular complexity index is 607. The van der Waals surface area contributed by atoms with Crippen molar-refractivity contribution in [3.05, 3.63) is 34.9 Å². The molecule has 22 heavy (non-hydrogen) atoms. The molecule has 118 valence electrons. The summed E-state index contributed by atoms with van der Waals surface area (Å²) in [5.74, 6) is 1.60. The molecule has 0 amide bonds. The van der Waals surface area contributed by atoms with Gasteiger partial charge in [-0.15, -0.1) is 0 Å². The second kappa shape index (κ2) is 6.62. The molecule has 3 heterocycles. The highest BCUT2D eigenvalue weighted by Crippen LogP contribution is 2.20. The first kappa shape index (κ1) is 15.2. The maximum absolute atomic E-state index is 5.84. The molecule has 1 fully saturated rings. The van der Waals surface area contributed by atoms with Gasteiger partial charge in [-0.05, 0) is 19.8 Å². The smallest absolute Gasteiger partial charge is 0.225 e. The molecule has 3 rings (SSSR count). The van der Waals surface area contributed by atoms with Gasteiger partial charge in [-0.25, -0.2) is 9.97 Å². The van der Waals surface area contributed by atoms with Crippen LogP contribution in [0.4, 0.5) is 5.95 Å². The molecule has 0 radical (unpaired) electrons. The number of rotatable bonds is 4. The lowest BCUT2D eigenvalue weighted by molar-refractivity contribution is 0.198. The molecular formula is C15H20ClN5O. The Morgan fingerprint density at radius 3 is 2.59 bits per heavy atom. The van der Waals surface area contributed by atoms with E-state index in [1.165, 1.54) is 0 Å². The van der Waals surface area contributed by atoms with Gasteiger partial charge in [0.05, 0.1) is 23.1 Å². The zero-order chi connectivity index (χ0) is 15.5. The maximum Gasteiger partial charge on any atom is 0.225 e. The van der Waals surface area contributed by atoms with Crippen LogP contribution in [0.1, 0.15) is 24.3 Å². The average molecular weight is 322 g/mol. The fourth-order valence-electron chi connectivity index (χ4n) is 2.84. The highest BCUT2D eigenvalue weighted by atomic mass is 35.5. The number of hydrogen-bond donors (Lipinski definition) is 0. The third-order valence-electron chi connectivity index (χ3n) is 4.09. The van der Waals surface area contributed by atoms with E-state index in [0.29, 0.717) is 11.1 Å². The molecule has 7 heteroatoms. The largest absolute Gasteiger partial charge is 0.361 e. The van der Waals surface area contributed by atoms with E-state index in [2.05, 4.69) is 24.9 Å². The number of nitrogens with zero attached hydrogens (tertiary/aromatic N) is 5. The average Bonchev–Trinajstić information content (AvgIpc) is 2.93. The monoisotopic (exact) mass is 321 g/mol. The van der Waals surface area contributed by atoms with Gasteiger partial charge >= 0.3 is 0 Å². The van der Waals surface area contributed by atoms with Gasteiger partial charge in [-0.3, -0.25) is 4.90 Å². The topological polar surface area (TPSA) is 58.3 Å². The van der Waals surface area contributed by atoms with Crippen molar-refractivity contribution < 1.29 is 4.52 Å². The van der Waals surface area contributed by atoms with Gasteiger partial charge in [0.1, 0.15) is 5.76 Å². The molecule has 0 unspecified atom stereocenters. The summed E-state index contributed by atoms with van der Waals surface area (Å²) in [4.78, 5) is 13.1. The SMILES string of the molecule is Cc1cc(CN2CCC(N(C)c3ncc(Cl)cn3)CC2)no1. The molecule has 0 bridgehead atoms. The number of hydrogen-bond acceptors (Lipinski definition) is 6. The van der Waals surface area contributed by atoms with Crippen molar-refractivity contribution in [3.8, 4) is 0 Å². The summed E-state index contributed by atoms with van der Waals surface area (Å²) in [5.41, 5.74) is 1.00. The van der Waals surface area contributed by atoms with Crippen LogP contribution >= 0.6 is 11.6 Å². The number of piperidine rings is 1. The van der Waals surface area contributed by atoms with Gasteiger partial charge in [0.2, 0.25) is 5.95 Å². The lowest BCUT2D eigenvalue weighted by atomic mass is 10.0. The van der Waals surface area contributed by atoms with Crippen molar-refractivity contribution >= 4 is 17.5 Å². The minimum atomic E-state index is 0.455. The Kier molecular flexibility index (Phi) is 4.59. The van der Waals surface area contributed by atoms with Crippen LogP contribution in [-0.4, -0.2) is 46.2 Å². The first-order chi connectivity index (χ1) is 10.6. The first-order valence-corrected chi connectivity index (χ1v) is 7.84. The summed E-state index contributed by atoms with van der Waals surface area (Å²) in [7, 11) is 2.05. The summed E-state index contributed by atoms with van der Waals surface area (Å²) in [6.45, 7) is 4.85. The summed E-state index contributed by atoms with van der Waals surface area (Å²) in [6.07, 6.45) is 5.45. The summed E-state index contributed by atoms with van der Waals surface area (Å²) in [5, 5.41) is 4.62. The highest BCUT2D eigenvalue weighted by Gasteiger charge is 2.24. The van der Waals surface area contributed by atoms with Crippen LogP contribution in [0.25, 0.3) is 0 Å². The first-order valence-electron chi connectivity index (χ1n) is 7.47. The van der Waals surface area contributed by atoms with E-state index in [0.717, 1.165) is 49.9 Å². The van der Waals surface area contributed by atoms with Crippen molar-refractivity contribution in [3.63, 3.8) is 0 Å². The molecule has 2 aromatic rings. The van der Waals surface area contributed by atoms with Gasteiger partial charge in [0.15, 0.2) is 0 Å². The number of aryl methyl sites for hydroxylation is 1. The van der Waals surface area contributed by atoms with E-state index in [9.17, 15) is 0 Å². The Balaban J connectivity index is 1.53. The Hall–Kier alpha value is -1.66. The summed E-state index contributed by atoms with van der Waals surface area (Å²) < 4.78 is 5.12. The highest BCUT2D eigenvalue weighted by molar-refractivity contribution is 6.30. The van der Waals surface area contributed by atoms with Crippen molar-refractivity contribution in [1.82, 2.24) is 20.0 Å². The molecular weight excluding hydrogens is 302 g/mol. The number of likely N-dealkylation sites (tertiary alicyclic amines) is 1. The lowest BCUT2D eigenvalue weighted by Gasteiger charge is -2.36. The third kappa shape index (κ3) is 3.56. The number of anilines is 1. The van der Waals surface area contributed by atoms with Gasteiger partial charge in [-0.2, -0.15) is 0 Å². The molecule has 1 saturated heterocycles. The quantitative estimate of drug-likeness (QED) is 0.862. The van der Waals surface area contributed by atoms with E-state index < -0.39 is 0 Å². The van der Waals surface area contributed by atoms with Gasteiger partial charge in [0.25, 0.3) is 0 Å². The second-order valence-electron chi connectivity index (χ2n) is 5.75. The zero-order valence-corrected chi connectivity index (χ0v) is 13.6. The van der Waals surface area contributed by atoms with Crippen LogP contribution in [0.3, 0.4) is 0 Å². The van der Waals surface area contributed by atoms with Crippen molar-refractivity contribution in [2.45, 2.75) is 32.4 Å². The fourth-order valence-corrected chi connectivity index (χ4v) is 2.93. The van der Waals surface area contributed by atoms with Crippen molar-refractivity contribution in [2.24, 2.45) is 0 Å². The summed E-state index contributed by atoms with van der Waals surface area (Å²) in [6, 6.07) is 2.45. The Morgan fingerprint density at radius 2 is 2.00 bits per heavy atom. The lowest BCUT2D eigenvalue weighted by Crippen LogP contribution is -2.43. The Labute approximate surface area is 135 Å². The van der Waals surface area contributed by atoms with Crippen LogP contribution in [0.5, 0.6) is 0 Å². The van der Waals surface area contributed by atoms with Crippen LogP contribution in [0.15, 0.2) is 23.0 Å². The number of aromatic nitrogens is 3. The normalized spacial score (nSPS) is 16.9. The van der Waals surface area contributed by atoms with Gasteiger partial charge < -0.3 is 9.42 Å². The van der Waals surface area contributed by atoms with E-state index in [-0.39, 0.29) is 0 Å². The second-order valence-corrected chi connectivity index (χ2v) is 6.18. The van der Waals surface area contributed by atoms with E-state index in [1.807, 2.05) is 20.0 Å². The number of halogens is 1. The van der Waals surface area contributed by atoms with Crippen molar-refractivity contribution in [2.75, 3.05) is 25.0 Å². The van der Waals surface area contributed by atoms with Crippen molar-refractivity contribution in [1.29, 1.82) is 0 Å². The van der Waals surface area contributed by atoms with Crippen LogP contribution in [0.2, 0.25) is 5.02 Å². The maximum atomic E-state index is 5.84. The van der Waals surface area contributed by atoms with Gasteiger partial charge in [-0.1, -0.05) is 16.8 Å². The predicted molar refractivity (Wildman–Crippen MR) is 85.0 cm³/mol. The molecule has 0 atom stereocenters. The molecule has 0 N–H and O–H groups in total. The predicted octanol–water partition coefficient (Wildman–Crippen LogP) is 2.53. The summed E-state index contributed by atoms with van der Waals surface area (Å²) >= 11 is 5.84. The molecule has 0 aromatic carbocycles. The molecule has 0 saturated carbocycles. The minimum absolute atomic E-state index is 0.455. The molecule has 6 nitrogen and oxygen atoms in total.